The highest BCUT2D eigenvalue weighted by atomic mass is 35.5. The van der Waals surface area contributed by atoms with Gasteiger partial charge in [-0.15, -0.1) is 0 Å². The smallest absolute Gasteiger partial charge is 0.130 e. The molecule has 0 spiro atoms. The summed E-state index contributed by atoms with van der Waals surface area (Å²) in [6, 6.07) is 13.4. The minimum absolute atomic E-state index is 0.672. The van der Waals surface area contributed by atoms with Gasteiger partial charge in [0.15, 0.2) is 0 Å². The average Bonchev–Trinajstić information content (AvgIpc) is 2.55. The Balaban J connectivity index is 1.75. The maximum absolute atomic E-state index is 5.90. The molecule has 0 bridgehead atoms. The topological polar surface area (TPSA) is 50.7 Å². The monoisotopic (exact) mass is 296 g/mol. The fourth-order valence-electron chi connectivity index (χ4n) is 1.93. The van der Waals surface area contributed by atoms with E-state index in [1.165, 1.54) is 0 Å². The number of rotatable bonds is 4. The molecule has 0 aliphatic heterocycles. The van der Waals surface area contributed by atoms with Crippen molar-refractivity contribution in [3.8, 4) is 11.3 Å². The largest absolute Gasteiger partial charge is 0.366 e. The zero-order valence-electron chi connectivity index (χ0n) is 11.2. The number of aromatic nitrogens is 3. The molecule has 3 aromatic rings. The second kappa shape index (κ2) is 6.33. The normalized spacial score (nSPS) is 10.3. The molecule has 0 fully saturated rings. The molecule has 21 heavy (non-hydrogen) atoms. The van der Waals surface area contributed by atoms with Crippen LogP contribution in [0.25, 0.3) is 11.3 Å². The fraction of sp³-hybridized carbons (Fsp3) is 0.0625. The number of hydrogen-bond donors (Lipinski definition) is 1. The van der Waals surface area contributed by atoms with Crippen LogP contribution in [0.2, 0.25) is 5.02 Å². The number of nitrogens with one attached hydrogen (secondary N) is 1. The predicted octanol–water partition coefficient (Wildman–Crippen LogP) is 3.80. The Morgan fingerprint density at radius 2 is 1.90 bits per heavy atom. The molecule has 0 radical (unpaired) electrons. The fourth-order valence-corrected chi connectivity index (χ4v) is 2.05. The Labute approximate surface area is 127 Å². The highest BCUT2D eigenvalue weighted by Crippen LogP contribution is 2.21. The molecule has 0 aliphatic rings. The zero-order chi connectivity index (χ0) is 14.5. The van der Waals surface area contributed by atoms with Gasteiger partial charge in [0.1, 0.15) is 12.1 Å². The van der Waals surface area contributed by atoms with Crippen molar-refractivity contribution in [2.75, 3.05) is 5.32 Å². The molecule has 4 nitrogen and oxygen atoms in total. The molecule has 3 rings (SSSR count). The van der Waals surface area contributed by atoms with Gasteiger partial charge < -0.3 is 5.32 Å². The van der Waals surface area contributed by atoms with E-state index >= 15 is 0 Å². The van der Waals surface area contributed by atoms with Gasteiger partial charge in [-0.1, -0.05) is 29.8 Å². The Morgan fingerprint density at radius 1 is 1.05 bits per heavy atom. The van der Waals surface area contributed by atoms with E-state index in [2.05, 4.69) is 20.3 Å². The number of halogens is 1. The Kier molecular flexibility index (Phi) is 4.07. The molecular weight excluding hydrogens is 284 g/mol. The van der Waals surface area contributed by atoms with Crippen molar-refractivity contribution in [2.24, 2.45) is 0 Å². The van der Waals surface area contributed by atoms with Crippen molar-refractivity contribution in [1.29, 1.82) is 0 Å². The van der Waals surface area contributed by atoms with Crippen LogP contribution in [0.4, 0.5) is 5.82 Å². The lowest BCUT2D eigenvalue weighted by atomic mass is 10.1. The number of pyridine rings is 1. The number of hydrogen-bond acceptors (Lipinski definition) is 4. The Bertz CT molecular complexity index is 714. The van der Waals surface area contributed by atoms with Crippen LogP contribution in [0.15, 0.2) is 61.2 Å². The second-order valence-electron chi connectivity index (χ2n) is 4.51. The SMILES string of the molecule is Clc1ccc(-c2cc(NCc3cccnc3)ncn2)cc1. The maximum Gasteiger partial charge on any atom is 0.130 e. The molecular formula is C16H13ClN4. The van der Waals surface area contributed by atoms with E-state index in [0.717, 1.165) is 22.6 Å². The van der Waals surface area contributed by atoms with Crippen molar-refractivity contribution >= 4 is 17.4 Å². The summed E-state index contributed by atoms with van der Waals surface area (Å²) in [5.41, 5.74) is 2.96. The molecule has 0 saturated carbocycles. The summed E-state index contributed by atoms with van der Waals surface area (Å²) < 4.78 is 0. The lowest BCUT2D eigenvalue weighted by molar-refractivity contribution is 1.07. The van der Waals surface area contributed by atoms with Crippen LogP contribution in [0, 0.1) is 0 Å². The van der Waals surface area contributed by atoms with Crippen LogP contribution in [-0.2, 0) is 6.54 Å². The first-order chi connectivity index (χ1) is 10.3. The lowest BCUT2D eigenvalue weighted by Gasteiger charge is -2.07. The molecule has 2 heterocycles. The van der Waals surface area contributed by atoms with Gasteiger partial charge >= 0.3 is 0 Å². The summed E-state index contributed by atoms with van der Waals surface area (Å²) in [6.45, 7) is 0.672. The predicted molar refractivity (Wildman–Crippen MR) is 84.0 cm³/mol. The minimum atomic E-state index is 0.672. The van der Waals surface area contributed by atoms with Crippen LogP contribution >= 0.6 is 11.6 Å². The van der Waals surface area contributed by atoms with Crippen molar-refractivity contribution in [2.45, 2.75) is 6.54 Å². The van der Waals surface area contributed by atoms with E-state index in [-0.39, 0.29) is 0 Å². The highest BCUT2D eigenvalue weighted by Gasteiger charge is 2.02. The van der Waals surface area contributed by atoms with Crippen LogP contribution in [0.1, 0.15) is 5.56 Å². The van der Waals surface area contributed by atoms with Gasteiger partial charge in [0.05, 0.1) is 5.69 Å². The number of nitrogens with zero attached hydrogens (tertiary/aromatic N) is 3. The second-order valence-corrected chi connectivity index (χ2v) is 4.95. The van der Waals surface area contributed by atoms with E-state index in [1.54, 1.807) is 12.5 Å². The van der Waals surface area contributed by atoms with Crippen LogP contribution < -0.4 is 5.32 Å². The van der Waals surface area contributed by atoms with Gasteiger partial charge in [0, 0.05) is 35.6 Å². The summed E-state index contributed by atoms with van der Waals surface area (Å²) in [7, 11) is 0. The first kappa shape index (κ1) is 13.5. The molecule has 1 aromatic carbocycles. The van der Waals surface area contributed by atoms with Gasteiger partial charge in [-0.2, -0.15) is 0 Å². The first-order valence-corrected chi connectivity index (χ1v) is 6.90. The summed E-state index contributed by atoms with van der Waals surface area (Å²) >= 11 is 5.90. The number of benzene rings is 1. The first-order valence-electron chi connectivity index (χ1n) is 6.52. The maximum atomic E-state index is 5.90. The average molecular weight is 297 g/mol. The van der Waals surface area contributed by atoms with Crippen LogP contribution in [0.5, 0.6) is 0 Å². The summed E-state index contributed by atoms with van der Waals surface area (Å²) in [4.78, 5) is 12.6. The molecule has 0 aliphatic carbocycles. The molecule has 0 unspecified atom stereocenters. The lowest BCUT2D eigenvalue weighted by Crippen LogP contribution is -2.02. The van der Waals surface area contributed by atoms with Gasteiger partial charge in [0.2, 0.25) is 0 Å². The van der Waals surface area contributed by atoms with Gasteiger partial charge in [0.25, 0.3) is 0 Å². The van der Waals surface area contributed by atoms with E-state index < -0.39 is 0 Å². The molecule has 5 heteroatoms. The summed E-state index contributed by atoms with van der Waals surface area (Å²) in [6.07, 6.45) is 5.14. The molecule has 1 N–H and O–H groups in total. The third-order valence-corrected chi connectivity index (χ3v) is 3.26. The van der Waals surface area contributed by atoms with Crippen molar-refractivity contribution in [3.63, 3.8) is 0 Å². The molecule has 104 valence electrons. The van der Waals surface area contributed by atoms with Gasteiger partial charge in [-0.3, -0.25) is 4.98 Å². The van der Waals surface area contributed by atoms with Gasteiger partial charge in [-0.05, 0) is 23.8 Å². The molecule has 0 saturated heterocycles. The number of anilines is 1. The van der Waals surface area contributed by atoms with E-state index in [1.807, 2.05) is 48.7 Å². The highest BCUT2D eigenvalue weighted by molar-refractivity contribution is 6.30. The molecule has 0 amide bonds. The summed E-state index contributed by atoms with van der Waals surface area (Å²) in [5.74, 6) is 0.777. The van der Waals surface area contributed by atoms with E-state index in [0.29, 0.717) is 11.6 Å². The van der Waals surface area contributed by atoms with Crippen LogP contribution in [-0.4, -0.2) is 15.0 Å². The summed E-state index contributed by atoms with van der Waals surface area (Å²) in [5, 5.41) is 3.98. The van der Waals surface area contributed by atoms with Crippen molar-refractivity contribution < 1.29 is 0 Å². The van der Waals surface area contributed by atoms with E-state index in [9.17, 15) is 0 Å². The third kappa shape index (κ3) is 3.55. The van der Waals surface area contributed by atoms with Gasteiger partial charge in [-0.25, -0.2) is 9.97 Å². The molecule has 2 aromatic heterocycles. The Hall–Kier alpha value is -2.46. The molecule has 0 atom stereocenters. The van der Waals surface area contributed by atoms with Crippen LogP contribution in [0.3, 0.4) is 0 Å². The van der Waals surface area contributed by atoms with E-state index in [4.69, 9.17) is 11.6 Å². The van der Waals surface area contributed by atoms with Crippen molar-refractivity contribution in [3.05, 3.63) is 71.8 Å². The Morgan fingerprint density at radius 3 is 2.67 bits per heavy atom. The standard InChI is InChI=1S/C16H13ClN4/c17-14-5-3-13(4-6-14)15-8-16(21-11-20-15)19-10-12-2-1-7-18-9-12/h1-9,11H,10H2,(H,19,20,21). The third-order valence-electron chi connectivity index (χ3n) is 3.00. The zero-order valence-corrected chi connectivity index (χ0v) is 12.0. The quantitative estimate of drug-likeness (QED) is 0.795. The van der Waals surface area contributed by atoms with Crippen molar-refractivity contribution in [1.82, 2.24) is 15.0 Å². The minimum Gasteiger partial charge on any atom is -0.366 e.